The lowest BCUT2D eigenvalue weighted by atomic mass is 10.0. The van der Waals surface area contributed by atoms with Crippen molar-refractivity contribution >= 4 is 5.69 Å². The Kier molecular flexibility index (Phi) is 4.32. The van der Waals surface area contributed by atoms with Crippen molar-refractivity contribution in [1.82, 2.24) is 0 Å². The monoisotopic (exact) mass is 337 g/mol. The summed E-state index contributed by atoms with van der Waals surface area (Å²) < 4.78 is 11.8. The molecular weight excluding hydrogens is 310 g/mol. The molecule has 3 nitrogen and oxygen atoms in total. The fourth-order valence-electron chi connectivity index (χ4n) is 4.02. The molecule has 0 atom stereocenters. The van der Waals surface area contributed by atoms with E-state index in [9.17, 15) is 0 Å². The van der Waals surface area contributed by atoms with Crippen LogP contribution in [0.4, 0.5) is 5.69 Å². The second kappa shape index (κ2) is 6.62. The predicted octanol–water partition coefficient (Wildman–Crippen LogP) is 5.15. The Morgan fingerprint density at radius 1 is 0.880 bits per heavy atom. The van der Waals surface area contributed by atoms with E-state index in [0.29, 0.717) is 6.10 Å². The largest absolute Gasteiger partial charge is 0.493 e. The van der Waals surface area contributed by atoms with Crippen molar-refractivity contribution in [2.45, 2.75) is 58.7 Å². The molecule has 3 heteroatoms. The number of methoxy groups -OCH3 is 1. The van der Waals surface area contributed by atoms with Gasteiger partial charge in [0.1, 0.15) is 0 Å². The first kappa shape index (κ1) is 16.3. The van der Waals surface area contributed by atoms with E-state index in [1.54, 1.807) is 7.11 Å². The Morgan fingerprint density at radius 3 is 2.12 bits per heavy atom. The number of ether oxygens (including phenoxy) is 2. The fourth-order valence-corrected chi connectivity index (χ4v) is 4.02. The van der Waals surface area contributed by atoms with Crippen LogP contribution >= 0.6 is 0 Å². The summed E-state index contributed by atoms with van der Waals surface area (Å²) in [6.45, 7) is 6.32. The molecule has 1 heterocycles. The lowest BCUT2D eigenvalue weighted by molar-refractivity contribution is 0.201. The molecule has 0 unspecified atom stereocenters. The lowest BCUT2D eigenvalue weighted by Gasteiger charge is -2.21. The summed E-state index contributed by atoms with van der Waals surface area (Å²) in [5.74, 6) is 1.72. The summed E-state index contributed by atoms with van der Waals surface area (Å²) in [5, 5.41) is 0. The van der Waals surface area contributed by atoms with Gasteiger partial charge in [0.05, 0.1) is 13.2 Å². The van der Waals surface area contributed by atoms with E-state index in [4.69, 9.17) is 9.47 Å². The molecule has 2 aliphatic rings. The highest BCUT2D eigenvalue weighted by atomic mass is 16.5. The molecule has 25 heavy (non-hydrogen) atoms. The van der Waals surface area contributed by atoms with E-state index in [-0.39, 0.29) is 0 Å². The van der Waals surface area contributed by atoms with Crippen molar-refractivity contribution in [3.8, 4) is 11.5 Å². The van der Waals surface area contributed by atoms with Gasteiger partial charge in [0.15, 0.2) is 11.5 Å². The van der Waals surface area contributed by atoms with E-state index < -0.39 is 0 Å². The van der Waals surface area contributed by atoms with Crippen LogP contribution in [-0.4, -0.2) is 13.2 Å². The van der Waals surface area contributed by atoms with Gasteiger partial charge in [-0.1, -0.05) is 12.1 Å². The average Bonchev–Trinajstić information content (AvgIpc) is 3.25. The van der Waals surface area contributed by atoms with Crippen molar-refractivity contribution in [2.24, 2.45) is 0 Å². The Bertz CT molecular complexity index is 747. The second-order valence-corrected chi connectivity index (χ2v) is 7.42. The maximum atomic E-state index is 6.26. The zero-order valence-corrected chi connectivity index (χ0v) is 15.5. The van der Waals surface area contributed by atoms with E-state index in [1.807, 2.05) is 6.07 Å². The molecule has 4 rings (SSSR count). The van der Waals surface area contributed by atoms with Gasteiger partial charge >= 0.3 is 0 Å². The number of nitrogens with zero attached hydrogens (tertiary/aromatic N) is 1. The minimum atomic E-state index is 0.338. The second-order valence-electron chi connectivity index (χ2n) is 7.42. The average molecular weight is 337 g/mol. The Labute approximate surface area is 150 Å². The van der Waals surface area contributed by atoms with Gasteiger partial charge < -0.3 is 14.4 Å². The number of fused-ring (bicyclic) bond motifs is 1. The molecule has 1 aliphatic carbocycles. The summed E-state index contributed by atoms with van der Waals surface area (Å²) in [6, 6.07) is 11.0. The van der Waals surface area contributed by atoms with Gasteiger partial charge in [0.25, 0.3) is 0 Å². The van der Waals surface area contributed by atoms with E-state index >= 15 is 0 Å². The van der Waals surface area contributed by atoms with Crippen molar-refractivity contribution in [1.29, 1.82) is 0 Å². The van der Waals surface area contributed by atoms with Crippen molar-refractivity contribution in [3.05, 3.63) is 52.6 Å². The minimum Gasteiger partial charge on any atom is -0.493 e. The van der Waals surface area contributed by atoms with Crippen LogP contribution in [0, 0.1) is 13.8 Å². The summed E-state index contributed by atoms with van der Waals surface area (Å²) in [7, 11) is 1.72. The first-order valence-electron chi connectivity index (χ1n) is 9.32. The third kappa shape index (κ3) is 3.20. The molecular formula is C22H27NO2. The Balaban J connectivity index is 1.58. The number of aryl methyl sites for hydroxylation is 2. The van der Waals surface area contributed by atoms with Gasteiger partial charge in [-0.05, 0) is 73.9 Å². The van der Waals surface area contributed by atoms with Crippen LogP contribution in [-0.2, 0) is 13.1 Å². The van der Waals surface area contributed by atoms with Crippen LogP contribution in [0.1, 0.15) is 47.9 Å². The molecule has 0 amide bonds. The summed E-state index contributed by atoms with van der Waals surface area (Å²) in [5.41, 5.74) is 6.84. The molecule has 1 saturated carbocycles. The molecule has 0 bridgehead atoms. The van der Waals surface area contributed by atoms with Crippen LogP contribution in [0.25, 0.3) is 0 Å². The standard InChI is InChI=1S/C22H27NO2/c1-15-10-17-13-23(14-18(17)11-16(15)2)19-8-9-21(24-3)22(12-19)25-20-6-4-5-7-20/h8-12,20H,4-7,13-14H2,1-3H3. The first-order chi connectivity index (χ1) is 12.1. The molecule has 0 N–H and O–H groups in total. The molecule has 0 spiro atoms. The molecule has 2 aromatic carbocycles. The topological polar surface area (TPSA) is 21.7 Å². The van der Waals surface area contributed by atoms with Crippen LogP contribution in [0.3, 0.4) is 0 Å². The third-order valence-electron chi connectivity index (χ3n) is 5.65. The number of rotatable bonds is 4. The van der Waals surface area contributed by atoms with Crippen LogP contribution in [0.2, 0.25) is 0 Å². The molecule has 1 aliphatic heterocycles. The molecule has 132 valence electrons. The first-order valence-corrected chi connectivity index (χ1v) is 9.32. The van der Waals surface area contributed by atoms with Gasteiger partial charge in [-0.25, -0.2) is 0 Å². The van der Waals surface area contributed by atoms with Crippen molar-refractivity contribution in [3.63, 3.8) is 0 Å². The van der Waals surface area contributed by atoms with E-state index in [0.717, 1.165) is 37.4 Å². The lowest BCUT2D eigenvalue weighted by Crippen LogP contribution is -2.16. The molecule has 1 fully saturated rings. The molecule has 2 aromatic rings. The van der Waals surface area contributed by atoms with E-state index in [2.05, 4.69) is 43.0 Å². The maximum absolute atomic E-state index is 6.26. The third-order valence-corrected chi connectivity index (χ3v) is 5.65. The fraction of sp³-hybridized carbons (Fsp3) is 0.455. The maximum Gasteiger partial charge on any atom is 0.163 e. The van der Waals surface area contributed by atoms with E-state index in [1.165, 1.54) is 40.8 Å². The summed E-state index contributed by atoms with van der Waals surface area (Å²) in [6.07, 6.45) is 5.19. The van der Waals surface area contributed by atoms with Gasteiger partial charge in [0, 0.05) is 24.8 Å². The summed E-state index contributed by atoms with van der Waals surface area (Å²) >= 11 is 0. The van der Waals surface area contributed by atoms with Crippen LogP contribution in [0.15, 0.2) is 30.3 Å². The normalized spacial score (nSPS) is 17.0. The van der Waals surface area contributed by atoms with Crippen LogP contribution in [0.5, 0.6) is 11.5 Å². The number of anilines is 1. The number of benzene rings is 2. The van der Waals surface area contributed by atoms with Crippen molar-refractivity contribution < 1.29 is 9.47 Å². The highest BCUT2D eigenvalue weighted by Gasteiger charge is 2.23. The Hall–Kier alpha value is -2.16. The van der Waals surface area contributed by atoms with Gasteiger partial charge in [0.2, 0.25) is 0 Å². The highest BCUT2D eigenvalue weighted by Crippen LogP contribution is 2.37. The quantitative estimate of drug-likeness (QED) is 0.770. The van der Waals surface area contributed by atoms with Gasteiger partial charge in [-0.2, -0.15) is 0 Å². The molecule has 0 radical (unpaired) electrons. The SMILES string of the molecule is COc1ccc(N2Cc3cc(C)c(C)cc3C2)cc1OC1CCCC1. The number of hydrogen-bond donors (Lipinski definition) is 0. The minimum absolute atomic E-state index is 0.338. The smallest absolute Gasteiger partial charge is 0.163 e. The molecule has 0 aromatic heterocycles. The summed E-state index contributed by atoms with van der Waals surface area (Å²) in [4.78, 5) is 2.42. The van der Waals surface area contributed by atoms with Gasteiger partial charge in [-0.3, -0.25) is 0 Å². The molecule has 0 saturated heterocycles. The Morgan fingerprint density at radius 2 is 1.52 bits per heavy atom. The zero-order chi connectivity index (χ0) is 17.4. The predicted molar refractivity (Wildman–Crippen MR) is 102 cm³/mol. The highest BCUT2D eigenvalue weighted by molar-refractivity contribution is 5.59. The van der Waals surface area contributed by atoms with Gasteiger partial charge in [-0.15, -0.1) is 0 Å². The van der Waals surface area contributed by atoms with Crippen molar-refractivity contribution in [2.75, 3.05) is 12.0 Å². The number of hydrogen-bond acceptors (Lipinski definition) is 3. The zero-order valence-electron chi connectivity index (χ0n) is 15.5. The van der Waals surface area contributed by atoms with Crippen LogP contribution < -0.4 is 14.4 Å².